The van der Waals surface area contributed by atoms with Gasteiger partial charge in [-0.1, -0.05) is 102 Å². The van der Waals surface area contributed by atoms with E-state index < -0.39 is 5.97 Å². The van der Waals surface area contributed by atoms with Gasteiger partial charge in [-0.15, -0.1) is 12.4 Å². The van der Waals surface area contributed by atoms with Gasteiger partial charge in [-0.2, -0.15) is 0 Å². The number of rotatable bonds is 19. The fourth-order valence-corrected chi connectivity index (χ4v) is 6.80. The molecule has 16 nitrogen and oxygen atoms in total. The van der Waals surface area contributed by atoms with Gasteiger partial charge in [0, 0.05) is 70.6 Å². The number of carbonyl (C=O) groups is 5. The zero-order chi connectivity index (χ0) is 55.4. The second-order valence-corrected chi connectivity index (χ2v) is 18.7. The van der Waals surface area contributed by atoms with Gasteiger partial charge in [0.25, 0.3) is 0 Å². The van der Waals surface area contributed by atoms with E-state index in [2.05, 4.69) is 57.8 Å². The van der Waals surface area contributed by atoms with Crippen molar-refractivity contribution in [3.05, 3.63) is 78.2 Å². The molecule has 440 valence electrons. The number of hydroxylamine groups is 3. The Morgan fingerprint density at radius 2 is 1.04 bits per heavy atom. The van der Waals surface area contributed by atoms with Gasteiger partial charge in [0.05, 0.1) is 14.2 Å². The van der Waals surface area contributed by atoms with E-state index in [4.69, 9.17) is 31.1 Å². The molecule has 1 unspecified atom stereocenters. The molecule has 0 bridgehead atoms. The molecule has 0 radical (unpaired) electrons. The van der Waals surface area contributed by atoms with Crippen molar-refractivity contribution >= 4 is 77.1 Å². The van der Waals surface area contributed by atoms with Crippen molar-refractivity contribution in [3.8, 4) is 0 Å². The van der Waals surface area contributed by atoms with Crippen LogP contribution in [-0.2, 0) is 51.5 Å². The van der Waals surface area contributed by atoms with Crippen LogP contribution in [-0.4, -0.2) is 123 Å². The molecule has 1 heterocycles. The van der Waals surface area contributed by atoms with Crippen LogP contribution in [0.1, 0.15) is 168 Å². The molecule has 2 aromatic carbocycles. The van der Waals surface area contributed by atoms with Gasteiger partial charge in [0.1, 0.15) is 19.0 Å². The zero-order valence-corrected chi connectivity index (χ0v) is 52.9. The molecular weight excluding hydrogens is 1110 g/mol. The normalized spacial score (nSPS) is 15.7. The number of halogens is 3. The topological polar surface area (TPSA) is 203 Å². The van der Waals surface area contributed by atoms with Gasteiger partial charge in [0.15, 0.2) is 0 Å². The minimum absolute atomic E-state index is 0. The van der Waals surface area contributed by atoms with Gasteiger partial charge in [-0.3, -0.25) is 19.2 Å². The van der Waals surface area contributed by atoms with Crippen LogP contribution in [0.2, 0.25) is 0 Å². The number of carbonyl (C=O) groups excluding carboxylic acids is 4. The molecule has 6 fully saturated rings. The van der Waals surface area contributed by atoms with Gasteiger partial charge in [-0.05, 0) is 124 Å². The van der Waals surface area contributed by atoms with Crippen LogP contribution in [0.5, 0.6) is 0 Å². The monoisotopic (exact) mass is 1200 g/mol. The second-order valence-electron chi connectivity index (χ2n) is 18.4. The van der Waals surface area contributed by atoms with Crippen molar-refractivity contribution in [2.24, 2.45) is 23.7 Å². The van der Waals surface area contributed by atoms with E-state index in [0.717, 1.165) is 68.8 Å². The fourth-order valence-electron chi connectivity index (χ4n) is 6.46. The van der Waals surface area contributed by atoms with E-state index in [-0.39, 0.29) is 77.0 Å². The average Bonchev–Trinajstić information content (AvgIpc) is 4.23. The van der Waals surface area contributed by atoms with Gasteiger partial charge >= 0.3 is 41.2 Å². The molecule has 1 saturated heterocycles. The number of aliphatic carboxylic acids is 1. The summed E-state index contributed by atoms with van der Waals surface area (Å²) in [5.74, 6) is 2.41. The minimum atomic E-state index is -0.745. The van der Waals surface area contributed by atoms with E-state index in [1.165, 1.54) is 76.4 Å². The van der Waals surface area contributed by atoms with Crippen molar-refractivity contribution in [1.82, 2.24) is 26.0 Å². The number of benzene rings is 2. The Morgan fingerprint density at radius 3 is 1.22 bits per heavy atom. The predicted molar refractivity (Wildman–Crippen MR) is 308 cm³/mol. The molecular formula is C57H98BrCl2MgN5O11. The van der Waals surface area contributed by atoms with Crippen LogP contribution >= 0.6 is 24.2 Å². The first-order valence-corrected chi connectivity index (χ1v) is 27.5. The van der Waals surface area contributed by atoms with Crippen molar-refractivity contribution in [2.75, 3.05) is 41.5 Å². The SMILES string of the molecule is C1CCOC1.CCC(=O)C1CC1.CCC(=O)N(C)OC.CCC(=O)O.CCC(NC(=O)OCc1ccccc1)C1CC1.CC[C@@H](NC(=O)OCc1ccccc1)C1CC1.CC[C@@H](NCl)C1CC1.CNOC.Cl.[Br-].[CH-]1CC1.[Mg+2]. The van der Waals surface area contributed by atoms with E-state index in [1.807, 2.05) is 67.6 Å². The van der Waals surface area contributed by atoms with Crippen LogP contribution in [0.25, 0.3) is 0 Å². The van der Waals surface area contributed by atoms with Crippen LogP contribution in [0.3, 0.4) is 0 Å². The number of ketones is 1. The summed E-state index contributed by atoms with van der Waals surface area (Å²) in [4.78, 5) is 65.3. The van der Waals surface area contributed by atoms with Crippen LogP contribution in [0.4, 0.5) is 9.59 Å². The largest absolute Gasteiger partial charge is 2.00 e. The maximum atomic E-state index is 11.6. The number of amides is 3. The second kappa shape index (κ2) is 53.8. The molecule has 0 spiro atoms. The third-order valence-corrected chi connectivity index (χ3v) is 12.3. The van der Waals surface area contributed by atoms with Gasteiger partial charge in [0.2, 0.25) is 5.91 Å². The number of alkyl carbamates (subject to hydrolysis) is 2. The molecule has 1 aliphatic heterocycles. The Balaban J connectivity index is -0.000000410. The molecule has 5 N–H and O–H groups in total. The number of nitrogens with one attached hydrogen (secondary N) is 4. The quantitative estimate of drug-likeness (QED) is 0.0386. The van der Waals surface area contributed by atoms with Crippen molar-refractivity contribution in [2.45, 2.75) is 188 Å². The first-order valence-electron chi connectivity index (χ1n) is 27.2. The Kier molecular flexibility index (Phi) is 56.4. The summed E-state index contributed by atoms with van der Waals surface area (Å²) < 4.78 is 15.3. The minimum Gasteiger partial charge on any atom is -1.00 e. The molecule has 2 aromatic rings. The zero-order valence-electron chi connectivity index (χ0n) is 48.3. The van der Waals surface area contributed by atoms with Crippen LogP contribution in [0.15, 0.2) is 60.7 Å². The molecule has 6 aliphatic rings. The van der Waals surface area contributed by atoms with Crippen LogP contribution in [0, 0.1) is 30.1 Å². The summed E-state index contributed by atoms with van der Waals surface area (Å²) in [6.45, 7) is 14.4. The number of carboxylic acids is 1. The number of hydrogen-bond acceptors (Lipinski definition) is 12. The third kappa shape index (κ3) is 50.0. The molecule has 20 heteroatoms. The average molecular weight is 1200 g/mol. The molecule has 0 aromatic heterocycles. The molecule has 3 atom stereocenters. The summed E-state index contributed by atoms with van der Waals surface area (Å²) in [5, 5.41) is 14.8. The molecule has 8 rings (SSSR count). The standard InChI is InChI=1S/2C14H19NO2.C6H12ClN.C6H10O.C5H11NO2.C4H8O.C3H6O2.C3H5.C2H7NO.BrH.ClH.Mg/c2*1-2-13(12-8-9-12)15-14(16)17-10-11-6-4-3-5-7-11;1-2-6(8-7)5-3-4-5;1-2-6(7)5-3-4-5;1-4-5(7)6(2)8-3;1-2-4-5-3-1;1-2-3(4)5;1-2-3-1;1-3-4-2;;;/h2*3-7,12-13H,2,8-10H2,1H3,(H,15,16);5-6,8H,2-4H2,1H3;5H,2-4H2,1H3;4H2,1-3H3;1-4H2;2H2,1H3,(H,4,5);1H,2-3H2;3H,1-2H3;2*1H;/q;;;;;;;-1;;;;+2/p-1/t13-;;6-;;;;;;;;;/m1.1........./s1. The van der Waals surface area contributed by atoms with Crippen molar-refractivity contribution < 1.29 is 69.9 Å². The molecule has 5 aliphatic carbocycles. The maximum absolute atomic E-state index is 11.6. The Bertz CT molecular complexity index is 1630. The number of ether oxygens (including phenoxy) is 3. The van der Waals surface area contributed by atoms with E-state index in [0.29, 0.717) is 61.3 Å². The number of carboxylic acid groups (broad SMARTS) is 1. The van der Waals surface area contributed by atoms with E-state index >= 15 is 0 Å². The summed E-state index contributed by atoms with van der Waals surface area (Å²) in [6, 6.07) is 20.6. The van der Waals surface area contributed by atoms with Gasteiger partial charge < -0.3 is 58.2 Å². The summed E-state index contributed by atoms with van der Waals surface area (Å²) >= 11 is 5.45. The number of hydrogen-bond donors (Lipinski definition) is 5. The predicted octanol–water partition coefficient (Wildman–Crippen LogP) is 8.99. The summed E-state index contributed by atoms with van der Waals surface area (Å²) in [5.41, 5.74) is 4.46. The number of nitrogens with zero attached hydrogens (tertiary/aromatic N) is 1. The van der Waals surface area contributed by atoms with E-state index in [1.54, 1.807) is 35.1 Å². The fraction of sp³-hybridized carbons (Fsp3) is 0.684. The molecule has 77 heavy (non-hydrogen) atoms. The Labute approximate surface area is 501 Å². The van der Waals surface area contributed by atoms with Crippen LogP contribution < -0.4 is 37.9 Å². The molecule has 5 saturated carbocycles. The molecule has 3 amide bonds. The van der Waals surface area contributed by atoms with Crippen molar-refractivity contribution in [1.29, 1.82) is 0 Å². The van der Waals surface area contributed by atoms with Gasteiger partial charge in [-0.25, -0.2) is 37.8 Å². The number of Topliss-reactive ketones (excluding diaryl/α,β-unsaturated/α-hetero) is 1. The summed E-state index contributed by atoms with van der Waals surface area (Å²) in [6.07, 6.45) is 21.5. The first kappa shape index (κ1) is 80.7. The smallest absolute Gasteiger partial charge is 1.00 e. The summed E-state index contributed by atoms with van der Waals surface area (Å²) in [7, 11) is 6.33. The maximum Gasteiger partial charge on any atom is 2.00 e. The van der Waals surface area contributed by atoms with Crippen molar-refractivity contribution in [3.63, 3.8) is 0 Å². The Hall–Kier alpha value is -2.78. The van der Waals surface area contributed by atoms with E-state index in [9.17, 15) is 24.0 Å². The third-order valence-electron chi connectivity index (χ3n) is 12.0. The Morgan fingerprint density at radius 1 is 0.675 bits per heavy atom. The first-order chi connectivity index (χ1) is 35.7.